The van der Waals surface area contributed by atoms with E-state index in [1.165, 1.54) is 12.1 Å². The molecule has 1 rings (SSSR count). The van der Waals surface area contributed by atoms with Crippen LogP contribution in [0.5, 0.6) is 0 Å². The Morgan fingerprint density at radius 1 is 1.19 bits per heavy atom. The second kappa shape index (κ2) is 5.13. The summed E-state index contributed by atoms with van der Waals surface area (Å²) in [4.78, 5) is 22.3. The summed E-state index contributed by atoms with van der Waals surface area (Å²) in [5, 5.41) is 0.0718. The van der Waals surface area contributed by atoms with Gasteiger partial charge in [0.15, 0.2) is 5.78 Å². The lowest BCUT2D eigenvalue weighted by atomic mass is 10.0. The molecular formula is C10H6Cl3FO2. The van der Waals surface area contributed by atoms with E-state index in [-0.39, 0.29) is 20.6 Å². The van der Waals surface area contributed by atoms with E-state index in [1.807, 2.05) is 0 Å². The molecule has 0 aliphatic carbocycles. The molecule has 0 amide bonds. The van der Waals surface area contributed by atoms with Crippen molar-refractivity contribution in [3.8, 4) is 0 Å². The van der Waals surface area contributed by atoms with Crippen molar-refractivity contribution >= 4 is 46.4 Å². The molecule has 0 aliphatic rings. The molecule has 0 aromatic heterocycles. The van der Waals surface area contributed by atoms with E-state index in [0.717, 1.165) is 6.92 Å². The Bertz CT molecular complexity index is 436. The van der Waals surface area contributed by atoms with Crippen LogP contribution in [-0.2, 0) is 4.79 Å². The molecule has 6 heteroatoms. The van der Waals surface area contributed by atoms with Crippen molar-refractivity contribution in [2.24, 2.45) is 0 Å². The Hall–Kier alpha value is -0.640. The lowest BCUT2D eigenvalue weighted by Gasteiger charge is -2.08. The van der Waals surface area contributed by atoms with Crippen LogP contribution in [0, 0.1) is 0 Å². The van der Waals surface area contributed by atoms with E-state index in [2.05, 4.69) is 0 Å². The van der Waals surface area contributed by atoms with Crippen LogP contribution in [0.4, 0.5) is 4.39 Å². The Labute approximate surface area is 106 Å². The Balaban J connectivity index is 3.24. The fraction of sp³-hybridized carbons (Fsp3) is 0.200. The van der Waals surface area contributed by atoms with Gasteiger partial charge in [0.05, 0.1) is 15.6 Å². The fourth-order valence-electron chi connectivity index (χ4n) is 1.09. The quantitative estimate of drug-likeness (QED) is 0.625. The van der Waals surface area contributed by atoms with Crippen molar-refractivity contribution in [3.63, 3.8) is 0 Å². The van der Waals surface area contributed by atoms with Crippen LogP contribution in [0.25, 0.3) is 0 Å². The second-order valence-corrected chi connectivity index (χ2v) is 4.33. The van der Waals surface area contributed by atoms with E-state index < -0.39 is 17.7 Å². The monoisotopic (exact) mass is 282 g/mol. The molecule has 0 saturated carbocycles. The van der Waals surface area contributed by atoms with Gasteiger partial charge >= 0.3 is 0 Å². The SMILES string of the molecule is CC(=O)C(F)C(=O)c1c(Cl)cc(Cl)cc1Cl. The average Bonchev–Trinajstić information content (AvgIpc) is 2.14. The normalized spacial score (nSPS) is 12.3. The van der Waals surface area contributed by atoms with Crippen LogP contribution in [-0.4, -0.2) is 17.7 Å². The molecular weight excluding hydrogens is 277 g/mol. The lowest BCUT2D eigenvalue weighted by molar-refractivity contribution is -0.120. The predicted octanol–water partition coefficient (Wildman–Crippen LogP) is 3.76. The van der Waals surface area contributed by atoms with E-state index in [0.29, 0.717) is 0 Å². The van der Waals surface area contributed by atoms with Crippen molar-refractivity contribution in [2.75, 3.05) is 0 Å². The predicted molar refractivity (Wildman–Crippen MR) is 61.4 cm³/mol. The maximum atomic E-state index is 13.2. The number of rotatable bonds is 3. The molecule has 0 fully saturated rings. The molecule has 16 heavy (non-hydrogen) atoms. The number of benzene rings is 1. The highest BCUT2D eigenvalue weighted by molar-refractivity contribution is 6.43. The van der Waals surface area contributed by atoms with Crippen LogP contribution in [0.2, 0.25) is 15.1 Å². The van der Waals surface area contributed by atoms with Crippen LogP contribution in [0.3, 0.4) is 0 Å². The van der Waals surface area contributed by atoms with Crippen molar-refractivity contribution in [3.05, 3.63) is 32.8 Å². The zero-order chi connectivity index (χ0) is 12.5. The summed E-state index contributed by atoms with van der Waals surface area (Å²) in [6, 6.07) is 2.52. The van der Waals surface area contributed by atoms with E-state index >= 15 is 0 Å². The summed E-state index contributed by atoms with van der Waals surface area (Å²) in [5.74, 6) is -1.95. The maximum absolute atomic E-state index is 13.2. The third kappa shape index (κ3) is 2.73. The number of alkyl halides is 1. The van der Waals surface area contributed by atoms with Gasteiger partial charge in [-0.15, -0.1) is 0 Å². The molecule has 0 saturated heterocycles. The Kier molecular flexibility index (Phi) is 4.30. The highest BCUT2D eigenvalue weighted by Gasteiger charge is 2.27. The first-order valence-electron chi connectivity index (χ1n) is 4.18. The fourth-order valence-corrected chi connectivity index (χ4v) is 2.09. The van der Waals surface area contributed by atoms with Crippen molar-refractivity contribution < 1.29 is 14.0 Å². The van der Waals surface area contributed by atoms with Gasteiger partial charge in [-0.3, -0.25) is 9.59 Å². The van der Waals surface area contributed by atoms with Crippen LogP contribution < -0.4 is 0 Å². The van der Waals surface area contributed by atoms with Gasteiger partial charge in [0.1, 0.15) is 0 Å². The van der Waals surface area contributed by atoms with Crippen LogP contribution in [0.1, 0.15) is 17.3 Å². The summed E-state index contributed by atoms with van der Waals surface area (Å²) in [6.45, 7) is 0.973. The molecule has 0 heterocycles. The number of halogens is 4. The summed E-state index contributed by atoms with van der Waals surface area (Å²) in [6.07, 6.45) is -2.25. The summed E-state index contributed by atoms with van der Waals surface area (Å²) < 4.78 is 13.2. The first-order valence-corrected chi connectivity index (χ1v) is 5.31. The summed E-state index contributed by atoms with van der Waals surface area (Å²) in [5.41, 5.74) is -0.226. The Morgan fingerprint density at radius 3 is 2.00 bits per heavy atom. The standard InChI is InChI=1S/C10H6Cl3FO2/c1-4(15)9(14)10(16)8-6(12)2-5(11)3-7(8)13/h2-3,9H,1H3. The van der Waals surface area contributed by atoms with Crippen molar-refractivity contribution in [2.45, 2.75) is 13.1 Å². The van der Waals surface area contributed by atoms with Crippen LogP contribution in [0.15, 0.2) is 12.1 Å². The molecule has 1 aromatic rings. The third-order valence-electron chi connectivity index (χ3n) is 1.84. The van der Waals surface area contributed by atoms with Crippen molar-refractivity contribution in [1.29, 1.82) is 0 Å². The largest absolute Gasteiger partial charge is 0.296 e. The molecule has 0 spiro atoms. The van der Waals surface area contributed by atoms with Gasteiger partial charge < -0.3 is 0 Å². The van der Waals surface area contributed by atoms with E-state index in [1.54, 1.807) is 0 Å². The number of carbonyl (C=O) groups is 2. The zero-order valence-electron chi connectivity index (χ0n) is 8.06. The third-order valence-corrected chi connectivity index (χ3v) is 2.65. The molecule has 86 valence electrons. The van der Waals surface area contributed by atoms with Gasteiger partial charge in [0, 0.05) is 5.02 Å². The molecule has 2 nitrogen and oxygen atoms in total. The molecule has 0 aliphatic heterocycles. The van der Waals surface area contributed by atoms with Gasteiger partial charge in [-0.05, 0) is 19.1 Å². The molecule has 0 radical (unpaired) electrons. The minimum absolute atomic E-state index is 0.0774. The molecule has 1 atom stereocenters. The first-order chi connectivity index (χ1) is 7.34. The van der Waals surface area contributed by atoms with Gasteiger partial charge in [-0.25, -0.2) is 4.39 Å². The van der Waals surface area contributed by atoms with Gasteiger partial charge in [-0.2, -0.15) is 0 Å². The average molecular weight is 284 g/mol. The number of Topliss-reactive ketones (excluding diaryl/α,β-unsaturated/α-hetero) is 2. The number of hydrogen-bond donors (Lipinski definition) is 0. The highest BCUT2D eigenvalue weighted by Crippen LogP contribution is 2.30. The van der Waals surface area contributed by atoms with E-state index in [9.17, 15) is 14.0 Å². The topological polar surface area (TPSA) is 34.1 Å². The van der Waals surface area contributed by atoms with Gasteiger partial charge in [-0.1, -0.05) is 34.8 Å². The lowest BCUT2D eigenvalue weighted by Crippen LogP contribution is -2.24. The van der Waals surface area contributed by atoms with Crippen LogP contribution >= 0.6 is 34.8 Å². The molecule has 1 unspecified atom stereocenters. The summed E-state index contributed by atoms with van der Waals surface area (Å²) >= 11 is 17.0. The molecule has 1 aromatic carbocycles. The Morgan fingerprint density at radius 2 is 1.62 bits per heavy atom. The molecule has 0 N–H and O–H groups in total. The highest BCUT2D eigenvalue weighted by atomic mass is 35.5. The number of carbonyl (C=O) groups excluding carboxylic acids is 2. The number of ketones is 2. The second-order valence-electron chi connectivity index (χ2n) is 3.08. The smallest absolute Gasteiger partial charge is 0.220 e. The minimum atomic E-state index is -2.25. The van der Waals surface area contributed by atoms with Crippen molar-refractivity contribution in [1.82, 2.24) is 0 Å². The maximum Gasteiger partial charge on any atom is 0.220 e. The van der Waals surface area contributed by atoms with E-state index in [4.69, 9.17) is 34.8 Å². The van der Waals surface area contributed by atoms with Gasteiger partial charge in [0.2, 0.25) is 12.0 Å². The summed E-state index contributed by atoms with van der Waals surface area (Å²) in [7, 11) is 0. The number of hydrogen-bond acceptors (Lipinski definition) is 2. The first kappa shape index (κ1) is 13.4. The zero-order valence-corrected chi connectivity index (χ0v) is 10.3. The minimum Gasteiger partial charge on any atom is -0.296 e. The molecule has 0 bridgehead atoms. The van der Waals surface area contributed by atoms with Gasteiger partial charge in [0.25, 0.3) is 0 Å².